The molecule has 1 aromatic rings. The van der Waals surface area contributed by atoms with Crippen molar-refractivity contribution in [1.29, 1.82) is 0 Å². The summed E-state index contributed by atoms with van der Waals surface area (Å²) in [5.41, 5.74) is 0. The molecule has 0 bridgehead atoms. The fourth-order valence-electron chi connectivity index (χ4n) is 0.253. The van der Waals surface area contributed by atoms with Gasteiger partial charge >= 0.3 is 0 Å². The molecule has 0 aliphatic heterocycles. The van der Waals surface area contributed by atoms with Gasteiger partial charge in [0.2, 0.25) is 0 Å². The average Bonchev–Trinajstić information content (AvgIpc) is 1.96. The van der Waals surface area contributed by atoms with Crippen LogP contribution in [0.25, 0.3) is 0 Å². The van der Waals surface area contributed by atoms with Gasteiger partial charge in [0.05, 0.1) is 7.18 Å². The summed E-state index contributed by atoms with van der Waals surface area (Å²) in [6, 6.07) is 1.78. The molecule has 0 saturated heterocycles. The van der Waals surface area contributed by atoms with Gasteiger partial charge in [-0.25, -0.2) is 9.97 Å². The molecule has 0 N–H and O–H groups in total. The fraction of sp³-hybridized carbons (Fsp3) is 0.200. The smallest absolute Gasteiger partial charge is 0.115 e. The highest BCUT2D eigenvalue weighted by molar-refractivity contribution is 4.74. The van der Waals surface area contributed by atoms with Crippen molar-refractivity contribution in [3.05, 3.63) is 24.8 Å². The van der Waals surface area contributed by atoms with E-state index in [-0.39, 0.29) is 0 Å². The molecule has 2 nitrogen and oxygen atoms in total. The van der Waals surface area contributed by atoms with Crippen molar-refractivity contribution in [3.63, 3.8) is 0 Å². The number of rotatable bonds is 0. The maximum absolute atomic E-state index is 9.50. The van der Waals surface area contributed by atoms with Gasteiger partial charge in [-0.1, -0.05) is 0 Å². The minimum atomic E-state index is 0.500. The number of nitrogens with zero attached hydrogens (tertiary/aromatic N) is 2. The molecule has 0 unspecified atom stereocenters. The Morgan fingerprint density at radius 3 is 1.75 bits per heavy atom. The van der Waals surface area contributed by atoms with E-state index in [9.17, 15) is 4.39 Å². The summed E-state index contributed by atoms with van der Waals surface area (Å²) in [6.45, 7) is 0. The molecule has 0 radical (unpaired) electrons. The van der Waals surface area contributed by atoms with Gasteiger partial charge in [-0.05, 0) is 6.07 Å². The van der Waals surface area contributed by atoms with E-state index >= 15 is 0 Å². The summed E-state index contributed by atoms with van der Waals surface area (Å²) >= 11 is 0. The van der Waals surface area contributed by atoms with Crippen molar-refractivity contribution < 1.29 is 4.39 Å². The average molecular weight is 114 g/mol. The lowest BCUT2D eigenvalue weighted by Gasteiger charge is -1.70. The SMILES string of the molecule is CF.c1cncnc1. The van der Waals surface area contributed by atoms with E-state index in [1.54, 1.807) is 18.5 Å². The topological polar surface area (TPSA) is 25.8 Å². The van der Waals surface area contributed by atoms with Crippen LogP contribution >= 0.6 is 0 Å². The molecular weight excluding hydrogens is 107 g/mol. The third-order valence-corrected chi connectivity index (χ3v) is 0.478. The third-order valence-electron chi connectivity index (χ3n) is 0.478. The first-order valence-electron chi connectivity index (χ1n) is 2.08. The van der Waals surface area contributed by atoms with Crippen LogP contribution in [0.3, 0.4) is 0 Å². The lowest BCUT2D eigenvalue weighted by molar-refractivity contribution is 0.636. The van der Waals surface area contributed by atoms with Gasteiger partial charge in [-0.2, -0.15) is 0 Å². The van der Waals surface area contributed by atoms with Gasteiger partial charge in [0.25, 0.3) is 0 Å². The number of alkyl halides is 1. The number of halogens is 1. The van der Waals surface area contributed by atoms with Crippen LogP contribution in [0, 0.1) is 0 Å². The molecule has 8 heavy (non-hydrogen) atoms. The van der Waals surface area contributed by atoms with E-state index in [2.05, 4.69) is 9.97 Å². The largest absolute Gasteiger partial charge is 0.255 e. The maximum atomic E-state index is 9.50. The number of hydrogen-bond donors (Lipinski definition) is 0. The standard InChI is InChI=1S/C4H4N2.CH3F/c1-2-5-4-6-3-1;1-2/h1-4H;1H3. The van der Waals surface area contributed by atoms with E-state index < -0.39 is 0 Å². The molecule has 1 aromatic heterocycles. The Bertz CT molecular complexity index is 82.4. The first-order valence-corrected chi connectivity index (χ1v) is 2.08. The zero-order chi connectivity index (χ0) is 6.24. The van der Waals surface area contributed by atoms with E-state index in [1.165, 1.54) is 6.33 Å². The second-order valence-electron chi connectivity index (χ2n) is 0.904. The summed E-state index contributed by atoms with van der Waals surface area (Å²) in [5, 5.41) is 0. The minimum Gasteiger partial charge on any atom is -0.255 e. The Hall–Kier alpha value is -0.990. The Balaban J connectivity index is 0.000000222. The van der Waals surface area contributed by atoms with E-state index in [0.717, 1.165) is 0 Å². The van der Waals surface area contributed by atoms with Crippen molar-refractivity contribution in [2.45, 2.75) is 0 Å². The Morgan fingerprint density at radius 2 is 1.62 bits per heavy atom. The molecule has 3 heteroatoms. The van der Waals surface area contributed by atoms with Gasteiger partial charge in [0.1, 0.15) is 6.33 Å². The predicted molar refractivity (Wildman–Crippen MR) is 29.1 cm³/mol. The van der Waals surface area contributed by atoms with Crippen molar-refractivity contribution >= 4 is 0 Å². The van der Waals surface area contributed by atoms with Crippen LogP contribution in [0.1, 0.15) is 0 Å². The molecule has 0 aromatic carbocycles. The second kappa shape index (κ2) is 6.01. The van der Waals surface area contributed by atoms with Crippen molar-refractivity contribution in [3.8, 4) is 0 Å². The molecule has 0 spiro atoms. The van der Waals surface area contributed by atoms with Gasteiger partial charge in [-0.3, -0.25) is 4.39 Å². The highest BCUT2D eigenvalue weighted by Crippen LogP contribution is 1.66. The van der Waals surface area contributed by atoms with Crippen LogP contribution in [0.5, 0.6) is 0 Å². The molecule has 0 aliphatic rings. The second-order valence-corrected chi connectivity index (χ2v) is 0.904. The third kappa shape index (κ3) is 3.21. The van der Waals surface area contributed by atoms with Crippen LogP contribution in [-0.4, -0.2) is 17.1 Å². The van der Waals surface area contributed by atoms with E-state index in [0.29, 0.717) is 7.18 Å². The van der Waals surface area contributed by atoms with Crippen LogP contribution in [0.4, 0.5) is 4.39 Å². The molecule has 0 saturated carbocycles. The zero-order valence-corrected chi connectivity index (χ0v) is 4.58. The monoisotopic (exact) mass is 114 g/mol. The molecule has 0 fully saturated rings. The van der Waals surface area contributed by atoms with Crippen molar-refractivity contribution in [2.75, 3.05) is 7.18 Å². The summed E-state index contributed by atoms with van der Waals surface area (Å²) in [7, 11) is 0.500. The summed E-state index contributed by atoms with van der Waals surface area (Å²) in [6.07, 6.45) is 4.88. The molecular formula is C5H7FN2. The van der Waals surface area contributed by atoms with E-state index in [1.807, 2.05) is 0 Å². The highest BCUT2D eigenvalue weighted by atomic mass is 19.1. The molecule has 0 atom stereocenters. The van der Waals surface area contributed by atoms with Gasteiger partial charge in [0.15, 0.2) is 0 Å². The van der Waals surface area contributed by atoms with Gasteiger partial charge < -0.3 is 0 Å². The van der Waals surface area contributed by atoms with Gasteiger partial charge in [0, 0.05) is 12.4 Å². The van der Waals surface area contributed by atoms with Crippen LogP contribution in [0.2, 0.25) is 0 Å². The lowest BCUT2D eigenvalue weighted by atomic mass is 10.7. The minimum absolute atomic E-state index is 0.500. The quantitative estimate of drug-likeness (QED) is 0.504. The Morgan fingerprint density at radius 1 is 1.12 bits per heavy atom. The maximum Gasteiger partial charge on any atom is 0.115 e. The van der Waals surface area contributed by atoms with Gasteiger partial charge in [-0.15, -0.1) is 0 Å². The molecule has 0 amide bonds. The first-order chi connectivity index (χ1) is 4.00. The van der Waals surface area contributed by atoms with Crippen molar-refractivity contribution in [2.24, 2.45) is 0 Å². The zero-order valence-electron chi connectivity index (χ0n) is 4.58. The summed E-state index contributed by atoms with van der Waals surface area (Å²) in [4.78, 5) is 7.35. The predicted octanol–water partition coefficient (Wildman–Crippen LogP) is 1.06. The molecule has 0 aliphatic carbocycles. The molecule has 44 valence electrons. The van der Waals surface area contributed by atoms with E-state index in [4.69, 9.17) is 0 Å². The Labute approximate surface area is 47.4 Å². The Kier molecular flexibility index (Phi) is 5.27. The van der Waals surface area contributed by atoms with Crippen LogP contribution < -0.4 is 0 Å². The van der Waals surface area contributed by atoms with Crippen LogP contribution in [0.15, 0.2) is 24.8 Å². The first kappa shape index (κ1) is 7.01. The van der Waals surface area contributed by atoms with Crippen LogP contribution in [-0.2, 0) is 0 Å². The molecule has 1 rings (SSSR count). The number of aromatic nitrogens is 2. The summed E-state index contributed by atoms with van der Waals surface area (Å²) < 4.78 is 9.50. The summed E-state index contributed by atoms with van der Waals surface area (Å²) in [5.74, 6) is 0. The molecule has 1 heterocycles. The lowest BCUT2D eigenvalue weighted by Crippen LogP contribution is -1.66. The number of hydrogen-bond acceptors (Lipinski definition) is 2. The highest BCUT2D eigenvalue weighted by Gasteiger charge is 1.59. The normalized spacial score (nSPS) is 6.75. The fourth-order valence-corrected chi connectivity index (χ4v) is 0.253. The van der Waals surface area contributed by atoms with Crippen molar-refractivity contribution in [1.82, 2.24) is 9.97 Å².